The number of thiol groups is 2. The molecule has 0 radical (unpaired) electrons. The van der Waals surface area contributed by atoms with Gasteiger partial charge in [-0.25, -0.2) is 0 Å². The zero-order valence-corrected chi connectivity index (χ0v) is 11.0. The normalized spacial score (nSPS) is 9.73. The zero-order valence-electron chi connectivity index (χ0n) is 8.36. The smallest absolute Gasteiger partial charge is 0.230 e. The van der Waals surface area contributed by atoms with E-state index < -0.39 is 0 Å². The molecule has 15 heavy (non-hydrogen) atoms. The van der Waals surface area contributed by atoms with Gasteiger partial charge in [-0.3, -0.25) is 9.59 Å². The zero-order chi connectivity index (χ0) is 11.5. The molecule has 0 rings (SSSR count). The van der Waals surface area contributed by atoms with Gasteiger partial charge < -0.3 is 10.6 Å². The number of nitrogens with one attached hydrogen (secondary N) is 2. The van der Waals surface area contributed by atoms with Crippen molar-refractivity contribution in [1.29, 1.82) is 0 Å². The number of amides is 2. The van der Waals surface area contributed by atoms with Crippen molar-refractivity contribution in [2.45, 2.75) is 0 Å². The van der Waals surface area contributed by atoms with Gasteiger partial charge in [-0.1, -0.05) is 0 Å². The fourth-order valence-electron chi connectivity index (χ4n) is 0.729. The minimum Gasteiger partial charge on any atom is -0.355 e. The summed E-state index contributed by atoms with van der Waals surface area (Å²) in [6, 6.07) is 0. The molecule has 0 aliphatic rings. The molecule has 4 nitrogen and oxygen atoms in total. The van der Waals surface area contributed by atoms with Crippen molar-refractivity contribution in [3.8, 4) is 0 Å². The second-order valence-corrected chi connectivity index (χ2v) is 4.52. The number of carbonyl (C=O) groups excluding carboxylic acids is 2. The van der Waals surface area contributed by atoms with Gasteiger partial charge in [0.25, 0.3) is 0 Å². The molecular weight excluding hydrogens is 252 g/mol. The van der Waals surface area contributed by atoms with Crippen molar-refractivity contribution in [1.82, 2.24) is 10.6 Å². The van der Waals surface area contributed by atoms with E-state index in [4.69, 9.17) is 0 Å². The van der Waals surface area contributed by atoms with Crippen LogP contribution < -0.4 is 10.6 Å². The van der Waals surface area contributed by atoms with Crippen molar-refractivity contribution in [2.24, 2.45) is 0 Å². The number of carbonyl (C=O) groups is 2. The molecule has 0 saturated heterocycles. The summed E-state index contributed by atoms with van der Waals surface area (Å²) >= 11 is 9.23. The molecule has 0 heterocycles. The molecule has 0 unspecified atom stereocenters. The number of thioether (sulfide) groups is 1. The van der Waals surface area contributed by atoms with E-state index in [1.54, 1.807) is 0 Å². The molecule has 0 aromatic heterocycles. The van der Waals surface area contributed by atoms with Crippen LogP contribution in [0.5, 0.6) is 0 Å². The quantitative estimate of drug-likeness (QED) is 0.462. The summed E-state index contributed by atoms with van der Waals surface area (Å²) < 4.78 is 0. The molecule has 0 aliphatic carbocycles. The lowest BCUT2D eigenvalue weighted by molar-refractivity contribution is -0.118. The summed E-state index contributed by atoms with van der Waals surface area (Å²) in [5.41, 5.74) is 0. The lowest BCUT2D eigenvalue weighted by Gasteiger charge is -2.04. The highest BCUT2D eigenvalue weighted by Crippen LogP contribution is 1.98. The van der Waals surface area contributed by atoms with Crippen molar-refractivity contribution in [3.05, 3.63) is 0 Å². The van der Waals surface area contributed by atoms with Crippen LogP contribution in [0.4, 0.5) is 0 Å². The fourth-order valence-corrected chi connectivity index (χ4v) is 1.63. The van der Waals surface area contributed by atoms with Crippen LogP contribution >= 0.6 is 37.0 Å². The molecule has 2 N–H and O–H groups in total. The Balaban J connectivity index is 3.36. The molecule has 7 heteroatoms. The predicted molar refractivity (Wildman–Crippen MR) is 71.1 cm³/mol. The van der Waals surface area contributed by atoms with Crippen LogP contribution in [0.3, 0.4) is 0 Å². The van der Waals surface area contributed by atoms with Crippen LogP contribution in [0.25, 0.3) is 0 Å². The van der Waals surface area contributed by atoms with Crippen LogP contribution in [0.15, 0.2) is 0 Å². The third kappa shape index (κ3) is 10.3. The first-order valence-corrected chi connectivity index (χ1v) is 6.95. The SMILES string of the molecule is O=C(CSCC(=O)NCCS)NCCS. The van der Waals surface area contributed by atoms with Gasteiger partial charge in [0.2, 0.25) is 11.8 Å². The Kier molecular flexibility index (Phi) is 10.5. The van der Waals surface area contributed by atoms with Crippen molar-refractivity contribution < 1.29 is 9.59 Å². The molecule has 2 amide bonds. The van der Waals surface area contributed by atoms with Crippen molar-refractivity contribution in [2.75, 3.05) is 36.1 Å². The highest BCUT2D eigenvalue weighted by Gasteiger charge is 2.03. The largest absolute Gasteiger partial charge is 0.355 e. The van der Waals surface area contributed by atoms with Crippen LogP contribution in [-0.2, 0) is 9.59 Å². The molecule has 0 fully saturated rings. The Morgan fingerprint density at radius 1 is 0.933 bits per heavy atom. The lowest BCUT2D eigenvalue weighted by Crippen LogP contribution is -2.29. The Labute approximate surface area is 105 Å². The first-order chi connectivity index (χ1) is 7.20. The van der Waals surface area contributed by atoms with Crippen LogP contribution in [0.1, 0.15) is 0 Å². The summed E-state index contributed by atoms with van der Waals surface area (Å²) in [5, 5.41) is 5.34. The molecule has 0 aliphatic heterocycles. The van der Waals surface area contributed by atoms with Gasteiger partial charge >= 0.3 is 0 Å². The standard InChI is InChI=1S/C8H16N2O2S3/c11-7(9-1-3-13)5-15-6-8(12)10-2-4-14/h13-14H,1-6H2,(H,9,11)(H,10,12). The second kappa shape index (κ2) is 10.5. The van der Waals surface area contributed by atoms with Gasteiger partial charge in [-0.2, -0.15) is 25.3 Å². The summed E-state index contributed by atoms with van der Waals surface area (Å²) in [6.07, 6.45) is 0. The van der Waals surface area contributed by atoms with Gasteiger partial charge in [0.15, 0.2) is 0 Å². The van der Waals surface area contributed by atoms with Gasteiger partial charge in [0.05, 0.1) is 11.5 Å². The van der Waals surface area contributed by atoms with Crippen molar-refractivity contribution in [3.63, 3.8) is 0 Å². The minimum absolute atomic E-state index is 0.0592. The van der Waals surface area contributed by atoms with E-state index in [1.165, 1.54) is 11.8 Å². The maximum absolute atomic E-state index is 11.1. The van der Waals surface area contributed by atoms with Gasteiger partial charge in [0, 0.05) is 24.6 Å². The van der Waals surface area contributed by atoms with Gasteiger partial charge in [-0.15, -0.1) is 11.8 Å². The summed E-state index contributed by atoms with van der Waals surface area (Å²) in [6.45, 7) is 1.13. The van der Waals surface area contributed by atoms with E-state index in [1.807, 2.05) is 0 Å². The number of rotatable bonds is 8. The Morgan fingerprint density at radius 3 is 1.67 bits per heavy atom. The summed E-state index contributed by atoms with van der Waals surface area (Å²) in [5.74, 6) is 1.74. The molecule has 0 aromatic carbocycles. The molecular formula is C8H16N2O2S3. The first-order valence-electron chi connectivity index (χ1n) is 4.53. The Morgan fingerprint density at radius 2 is 1.33 bits per heavy atom. The molecule has 0 aromatic rings. The van der Waals surface area contributed by atoms with Gasteiger partial charge in [0.1, 0.15) is 0 Å². The summed E-state index contributed by atoms with van der Waals surface area (Å²) in [4.78, 5) is 22.2. The first kappa shape index (κ1) is 15.0. The lowest BCUT2D eigenvalue weighted by atomic mass is 10.6. The number of hydrogen-bond donors (Lipinski definition) is 4. The Bertz CT molecular complexity index is 182. The van der Waals surface area contributed by atoms with E-state index in [9.17, 15) is 9.59 Å². The van der Waals surface area contributed by atoms with Gasteiger partial charge in [-0.05, 0) is 0 Å². The second-order valence-electron chi connectivity index (χ2n) is 2.64. The van der Waals surface area contributed by atoms with E-state index in [0.717, 1.165) is 0 Å². The fraction of sp³-hybridized carbons (Fsp3) is 0.750. The maximum Gasteiger partial charge on any atom is 0.230 e. The third-order valence-corrected chi connectivity index (χ3v) is 2.71. The van der Waals surface area contributed by atoms with Crippen LogP contribution in [-0.4, -0.2) is 47.9 Å². The average Bonchev–Trinajstić information content (AvgIpc) is 2.23. The van der Waals surface area contributed by atoms with Crippen LogP contribution in [0.2, 0.25) is 0 Å². The topological polar surface area (TPSA) is 58.2 Å². The monoisotopic (exact) mass is 268 g/mol. The number of hydrogen-bond acceptors (Lipinski definition) is 5. The van der Waals surface area contributed by atoms with E-state index >= 15 is 0 Å². The van der Waals surface area contributed by atoms with E-state index in [2.05, 4.69) is 35.9 Å². The van der Waals surface area contributed by atoms with E-state index in [0.29, 0.717) is 36.1 Å². The predicted octanol–water partition coefficient (Wildman–Crippen LogP) is -0.188. The van der Waals surface area contributed by atoms with Crippen LogP contribution in [0, 0.1) is 0 Å². The highest BCUT2D eigenvalue weighted by molar-refractivity contribution is 8.00. The van der Waals surface area contributed by atoms with E-state index in [-0.39, 0.29) is 11.8 Å². The minimum atomic E-state index is -0.0592. The van der Waals surface area contributed by atoms with Crippen molar-refractivity contribution >= 4 is 48.8 Å². The highest BCUT2D eigenvalue weighted by atomic mass is 32.2. The Hall–Kier alpha value is -0.0100. The third-order valence-electron chi connectivity index (χ3n) is 1.33. The molecule has 88 valence electrons. The molecule has 0 atom stereocenters. The average molecular weight is 268 g/mol. The maximum atomic E-state index is 11.1. The molecule has 0 bridgehead atoms. The summed E-state index contributed by atoms with van der Waals surface area (Å²) in [7, 11) is 0. The molecule has 0 saturated carbocycles. The molecule has 0 spiro atoms.